The molecule has 5 nitrogen and oxygen atoms in total. The molecule has 0 spiro atoms. The van der Waals surface area contributed by atoms with Crippen LogP contribution < -0.4 is 11.1 Å². The molecular formula is C18H13Cl2N3O2S2. The molecule has 3 aromatic rings. The average molecular weight is 438 g/mol. The molecular weight excluding hydrogens is 425 g/mol. The zero-order chi connectivity index (χ0) is 19.4. The second-order valence-corrected chi connectivity index (χ2v) is 8.42. The number of primary amides is 1. The van der Waals surface area contributed by atoms with Gasteiger partial charge in [-0.3, -0.25) is 9.59 Å². The quantitative estimate of drug-likeness (QED) is 0.534. The Kier molecular flexibility index (Phi) is 6.38. The van der Waals surface area contributed by atoms with E-state index in [4.69, 9.17) is 28.9 Å². The van der Waals surface area contributed by atoms with E-state index >= 15 is 0 Å². The number of carbonyl (C=O) groups is 2. The monoisotopic (exact) mass is 437 g/mol. The van der Waals surface area contributed by atoms with Crippen molar-refractivity contribution < 1.29 is 9.59 Å². The smallest absolute Gasteiger partial charge is 0.257 e. The second-order valence-electron chi connectivity index (χ2n) is 5.36. The lowest BCUT2D eigenvalue weighted by atomic mass is 10.1. The van der Waals surface area contributed by atoms with Crippen molar-refractivity contribution in [1.29, 1.82) is 0 Å². The van der Waals surface area contributed by atoms with Gasteiger partial charge >= 0.3 is 0 Å². The number of hydrogen-bond donors (Lipinski definition) is 2. The van der Waals surface area contributed by atoms with Crippen molar-refractivity contribution in [3.8, 4) is 11.3 Å². The minimum atomic E-state index is -0.437. The minimum absolute atomic E-state index is 0.106. The SMILES string of the molecule is NC(=O)CSc1nc(-c2ccccc2)c(NC(=O)c2cc(Cl)ccc2Cl)s1. The lowest BCUT2D eigenvalue weighted by Crippen LogP contribution is -2.12. The number of hydrogen-bond acceptors (Lipinski definition) is 5. The molecule has 0 saturated carbocycles. The van der Waals surface area contributed by atoms with Crippen molar-refractivity contribution in [3.05, 3.63) is 64.1 Å². The molecule has 3 N–H and O–H groups in total. The third-order valence-electron chi connectivity index (χ3n) is 3.39. The van der Waals surface area contributed by atoms with Gasteiger partial charge in [0, 0.05) is 10.6 Å². The van der Waals surface area contributed by atoms with E-state index < -0.39 is 11.8 Å². The molecule has 0 bridgehead atoms. The van der Waals surface area contributed by atoms with Crippen LogP contribution in [-0.2, 0) is 4.79 Å². The van der Waals surface area contributed by atoms with Crippen molar-refractivity contribution in [1.82, 2.24) is 4.98 Å². The number of halogens is 2. The summed E-state index contributed by atoms with van der Waals surface area (Å²) in [5, 5.41) is 4.11. The zero-order valence-electron chi connectivity index (χ0n) is 13.7. The molecule has 138 valence electrons. The number of benzene rings is 2. The van der Waals surface area contributed by atoms with Crippen molar-refractivity contribution in [2.45, 2.75) is 4.34 Å². The molecule has 0 aliphatic heterocycles. The zero-order valence-corrected chi connectivity index (χ0v) is 16.9. The summed E-state index contributed by atoms with van der Waals surface area (Å²) >= 11 is 14.6. The maximum Gasteiger partial charge on any atom is 0.257 e. The Morgan fingerprint density at radius 3 is 2.59 bits per heavy atom. The maximum absolute atomic E-state index is 12.7. The Morgan fingerprint density at radius 1 is 1.15 bits per heavy atom. The number of nitrogens with one attached hydrogen (secondary N) is 1. The highest BCUT2D eigenvalue weighted by molar-refractivity contribution is 8.01. The number of nitrogens with zero attached hydrogens (tertiary/aromatic N) is 1. The highest BCUT2D eigenvalue weighted by Gasteiger charge is 2.18. The van der Waals surface area contributed by atoms with Gasteiger partial charge in [0.15, 0.2) is 4.34 Å². The van der Waals surface area contributed by atoms with Gasteiger partial charge in [-0.25, -0.2) is 4.98 Å². The molecule has 0 aliphatic rings. The van der Waals surface area contributed by atoms with E-state index in [1.807, 2.05) is 30.3 Å². The summed E-state index contributed by atoms with van der Waals surface area (Å²) in [5.41, 5.74) is 6.92. The van der Waals surface area contributed by atoms with E-state index in [0.717, 1.165) is 5.56 Å². The second kappa shape index (κ2) is 8.75. The van der Waals surface area contributed by atoms with Crippen LogP contribution in [0.25, 0.3) is 11.3 Å². The van der Waals surface area contributed by atoms with Gasteiger partial charge in [0.05, 0.1) is 16.3 Å². The topological polar surface area (TPSA) is 85.1 Å². The number of rotatable bonds is 6. The summed E-state index contributed by atoms with van der Waals surface area (Å²) in [6.45, 7) is 0. The minimum Gasteiger partial charge on any atom is -0.369 e. The fraction of sp³-hybridized carbons (Fsp3) is 0.0556. The summed E-state index contributed by atoms with van der Waals surface area (Å²) in [4.78, 5) is 28.3. The first-order chi connectivity index (χ1) is 12.9. The highest BCUT2D eigenvalue weighted by Crippen LogP contribution is 2.38. The Labute approximate surface area is 173 Å². The van der Waals surface area contributed by atoms with Gasteiger partial charge in [0.25, 0.3) is 5.91 Å². The van der Waals surface area contributed by atoms with Crippen LogP contribution in [0.1, 0.15) is 10.4 Å². The Morgan fingerprint density at radius 2 is 1.89 bits per heavy atom. The molecule has 0 saturated heterocycles. The van der Waals surface area contributed by atoms with Crippen LogP contribution in [0.15, 0.2) is 52.9 Å². The van der Waals surface area contributed by atoms with Crippen LogP contribution in [0.3, 0.4) is 0 Å². The summed E-state index contributed by atoms with van der Waals surface area (Å²) in [5.74, 6) is -0.725. The fourth-order valence-corrected chi connectivity index (χ4v) is 4.39. The number of nitrogens with two attached hydrogens (primary N) is 1. The van der Waals surface area contributed by atoms with Gasteiger partial charge in [0.2, 0.25) is 5.91 Å². The normalized spacial score (nSPS) is 10.6. The van der Waals surface area contributed by atoms with Gasteiger partial charge in [-0.15, -0.1) is 0 Å². The molecule has 0 aliphatic carbocycles. The molecule has 0 atom stereocenters. The van der Waals surface area contributed by atoms with E-state index in [1.54, 1.807) is 12.1 Å². The Bertz CT molecular complexity index is 994. The van der Waals surface area contributed by atoms with E-state index in [0.29, 0.717) is 25.1 Å². The number of aromatic nitrogens is 1. The number of thiazole rings is 1. The Hall–Kier alpha value is -2.06. The van der Waals surface area contributed by atoms with Crippen molar-refractivity contribution in [3.63, 3.8) is 0 Å². The first-order valence-electron chi connectivity index (χ1n) is 7.68. The van der Waals surface area contributed by atoms with Crippen LogP contribution in [0.2, 0.25) is 10.0 Å². The first-order valence-corrected chi connectivity index (χ1v) is 10.2. The molecule has 1 heterocycles. The fourth-order valence-electron chi connectivity index (χ4n) is 2.21. The molecule has 0 unspecified atom stereocenters. The third kappa shape index (κ3) is 5.01. The summed E-state index contributed by atoms with van der Waals surface area (Å²) < 4.78 is 0.625. The lowest BCUT2D eigenvalue weighted by Gasteiger charge is -2.07. The van der Waals surface area contributed by atoms with Crippen molar-refractivity contribution >= 4 is 63.1 Å². The molecule has 1 aromatic heterocycles. The number of thioether (sulfide) groups is 1. The molecule has 27 heavy (non-hydrogen) atoms. The van der Waals surface area contributed by atoms with E-state index in [1.165, 1.54) is 29.2 Å². The summed E-state index contributed by atoms with van der Waals surface area (Å²) in [6.07, 6.45) is 0. The Balaban J connectivity index is 1.94. The number of carbonyl (C=O) groups excluding carboxylic acids is 2. The van der Waals surface area contributed by atoms with Gasteiger partial charge < -0.3 is 11.1 Å². The first kappa shape index (κ1) is 19.7. The van der Waals surface area contributed by atoms with Crippen LogP contribution in [0, 0.1) is 0 Å². The molecule has 0 radical (unpaired) electrons. The van der Waals surface area contributed by atoms with Crippen LogP contribution in [-0.4, -0.2) is 22.6 Å². The van der Waals surface area contributed by atoms with E-state index in [9.17, 15) is 9.59 Å². The number of anilines is 1. The summed E-state index contributed by atoms with van der Waals surface area (Å²) in [6, 6.07) is 14.1. The third-order valence-corrected chi connectivity index (χ3v) is 6.09. The number of amides is 2. The lowest BCUT2D eigenvalue weighted by molar-refractivity contribution is -0.115. The molecule has 2 amide bonds. The largest absolute Gasteiger partial charge is 0.369 e. The van der Waals surface area contributed by atoms with Gasteiger partial charge in [-0.05, 0) is 18.2 Å². The predicted octanol–water partition coefficient (Wildman–Crippen LogP) is 4.95. The van der Waals surface area contributed by atoms with Crippen LogP contribution in [0.5, 0.6) is 0 Å². The predicted molar refractivity (Wildman–Crippen MR) is 112 cm³/mol. The van der Waals surface area contributed by atoms with Crippen LogP contribution in [0.4, 0.5) is 5.00 Å². The summed E-state index contributed by atoms with van der Waals surface area (Å²) in [7, 11) is 0. The molecule has 9 heteroatoms. The molecule has 0 fully saturated rings. The van der Waals surface area contributed by atoms with E-state index in [-0.39, 0.29) is 11.3 Å². The average Bonchev–Trinajstić information content (AvgIpc) is 3.05. The van der Waals surface area contributed by atoms with Crippen LogP contribution >= 0.6 is 46.3 Å². The van der Waals surface area contributed by atoms with Gasteiger partial charge in [-0.1, -0.05) is 76.6 Å². The maximum atomic E-state index is 12.7. The van der Waals surface area contributed by atoms with Gasteiger partial charge in [0.1, 0.15) is 10.7 Å². The van der Waals surface area contributed by atoms with Crippen molar-refractivity contribution in [2.24, 2.45) is 5.73 Å². The standard InChI is InChI=1S/C18H13Cl2N3O2S2/c19-11-6-7-13(20)12(8-11)16(25)23-17-15(10-4-2-1-3-5-10)22-18(27-17)26-9-14(21)24/h1-8H,9H2,(H2,21,24)(H,23,25). The molecule has 3 rings (SSSR count). The molecule has 2 aromatic carbocycles. The highest BCUT2D eigenvalue weighted by atomic mass is 35.5. The van der Waals surface area contributed by atoms with Gasteiger partial charge in [-0.2, -0.15) is 0 Å². The van der Waals surface area contributed by atoms with Crippen molar-refractivity contribution in [2.75, 3.05) is 11.1 Å². The van der Waals surface area contributed by atoms with E-state index in [2.05, 4.69) is 10.3 Å².